The zero-order valence-electron chi connectivity index (χ0n) is 9.20. The molecule has 1 fully saturated rings. The van der Waals surface area contributed by atoms with Crippen molar-refractivity contribution in [3.05, 3.63) is 29.3 Å². The summed E-state index contributed by atoms with van der Waals surface area (Å²) in [6, 6.07) is 6.56. The number of aromatic amines is 1. The Morgan fingerprint density at radius 1 is 1.44 bits per heavy atom. The molecule has 1 aliphatic carbocycles. The van der Waals surface area contributed by atoms with Crippen LogP contribution in [0.25, 0.3) is 10.9 Å². The summed E-state index contributed by atoms with van der Waals surface area (Å²) in [5.74, 6) is 0.213. The van der Waals surface area contributed by atoms with Gasteiger partial charge in [0, 0.05) is 17.1 Å². The van der Waals surface area contributed by atoms with Crippen LogP contribution in [0.4, 0.5) is 0 Å². The van der Waals surface area contributed by atoms with Crippen molar-refractivity contribution in [1.82, 2.24) is 4.98 Å². The molecule has 0 amide bonds. The van der Waals surface area contributed by atoms with Gasteiger partial charge < -0.3 is 10.1 Å². The molecule has 2 aromatic rings. The fraction of sp³-hybridized carbons (Fsp3) is 0.308. The second-order valence-electron chi connectivity index (χ2n) is 4.45. The second-order valence-corrected chi connectivity index (χ2v) is 4.45. The predicted molar refractivity (Wildman–Crippen MR) is 65.3 cm³/mol. The summed E-state index contributed by atoms with van der Waals surface area (Å²) in [6.45, 7) is 2.05. The molecule has 3 rings (SSSR count). The third-order valence-electron chi connectivity index (χ3n) is 2.93. The van der Waals surface area contributed by atoms with Gasteiger partial charge in [0.1, 0.15) is 0 Å². The highest BCUT2D eigenvalue weighted by atomic mass is 16.3. The van der Waals surface area contributed by atoms with Crippen LogP contribution in [0.5, 0.6) is 5.88 Å². The van der Waals surface area contributed by atoms with Gasteiger partial charge in [-0.2, -0.15) is 0 Å². The van der Waals surface area contributed by atoms with Gasteiger partial charge in [-0.25, -0.2) is 0 Å². The number of hydrogen-bond acceptors (Lipinski definition) is 2. The highest BCUT2D eigenvalue weighted by molar-refractivity contribution is 6.02. The maximum atomic E-state index is 9.81. The molecule has 16 heavy (non-hydrogen) atoms. The van der Waals surface area contributed by atoms with Crippen LogP contribution in [-0.4, -0.2) is 22.3 Å². The fourth-order valence-corrected chi connectivity index (χ4v) is 1.85. The lowest BCUT2D eigenvalue weighted by molar-refractivity contribution is 0.457. The van der Waals surface area contributed by atoms with E-state index in [1.165, 1.54) is 18.4 Å². The molecular formula is C13H14N2O. The van der Waals surface area contributed by atoms with E-state index in [0.717, 1.165) is 16.5 Å². The number of nitrogens with zero attached hydrogens (tertiary/aromatic N) is 1. The number of H-pyrrole nitrogens is 1. The maximum absolute atomic E-state index is 9.81. The average molecular weight is 214 g/mol. The highest BCUT2D eigenvalue weighted by Gasteiger charge is 2.19. The Hall–Kier alpha value is -1.77. The molecule has 0 bridgehead atoms. The molecule has 82 valence electrons. The van der Waals surface area contributed by atoms with Crippen molar-refractivity contribution in [3.8, 4) is 5.88 Å². The van der Waals surface area contributed by atoms with E-state index in [1.54, 1.807) is 6.21 Å². The number of fused-ring (bicyclic) bond motifs is 1. The van der Waals surface area contributed by atoms with E-state index >= 15 is 0 Å². The molecule has 0 radical (unpaired) electrons. The molecule has 1 aliphatic rings. The molecule has 2 N–H and O–H groups in total. The molecule has 0 spiro atoms. The van der Waals surface area contributed by atoms with Gasteiger partial charge in [0.25, 0.3) is 0 Å². The number of aromatic hydroxyl groups is 1. The minimum atomic E-state index is 0.213. The lowest BCUT2D eigenvalue weighted by atomic mass is 10.1. The van der Waals surface area contributed by atoms with Gasteiger partial charge in [0.2, 0.25) is 0 Å². The summed E-state index contributed by atoms with van der Waals surface area (Å²) in [5, 5.41) is 10.9. The highest BCUT2D eigenvalue weighted by Crippen LogP contribution is 2.28. The van der Waals surface area contributed by atoms with Crippen LogP contribution in [0.1, 0.15) is 24.0 Å². The molecule has 0 unspecified atom stereocenters. The van der Waals surface area contributed by atoms with Crippen molar-refractivity contribution >= 4 is 17.1 Å². The third kappa shape index (κ3) is 1.58. The molecule has 1 saturated carbocycles. The number of rotatable bonds is 2. The molecular weight excluding hydrogens is 200 g/mol. The molecule has 0 atom stereocenters. The fourth-order valence-electron chi connectivity index (χ4n) is 1.85. The van der Waals surface area contributed by atoms with Crippen LogP contribution in [0.3, 0.4) is 0 Å². The largest absolute Gasteiger partial charge is 0.494 e. The topological polar surface area (TPSA) is 48.4 Å². The van der Waals surface area contributed by atoms with Gasteiger partial charge in [-0.3, -0.25) is 4.99 Å². The summed E-state index contributed by atoms with van der Waals surface area (Å²) in [6.07, 6.45) is 4.16. The SMILES string of the molecule is Cc1ccc2[nH]c(O)c(C=NC3CC3)c2c1. The Kier molecular flexibility index (Phi) is 1.99. The van der Waals surface area contributed by atoms with Crippen LogP contribution in [0.15, 0.2) is 23.2 Å². The van der Waals surface area contributed by atoms with Gasteiger partial charge in [-0.15, -0.1) is 0 Å². The molecule has 0 aliphatic heterocycles. The molecule has 1 aromatic carbocycles. The molecule has 0 saturated heterocycles. The number of nitrogens with one attached hydrogen (secondary N) is 1. The number of aliphatic imine (C=N–C) groups is 1. The van der Waals surface area contributed by atoms with E-state index in [1.807, 2.05) is 19.1 Å². The first kappa shape index (κ1) is 9.46. The van der Waals surface area contributed by atoms with Crippen molar-refractivity contribution in [1.29, 1.82) is 0 Å². The van der Waals surface area contributed by atoms with Crippen LogP contribution < -0.4 is 0 Å². The lowest BCUT2D eigenvalue weighted by Crippen LogP contribution is -1.82. The smallest absolute Gasteiger partial charge is 0.198 e. The molecule has 1 aromatic heterocycles. The Morgan fingerprint density at radius 2 is 2.25 bits per heavy atom. The number of aromatic nitrogens is 1. The monoisotopic (exact) mass is 214 g/mol. The van der Waals surface area contributed by atoms with Crippen LogP contribution in [-0.2, 0) is 0 Å². The van der Waals surface area contributed by atoms with Crippen LogP contribution in [0.2, 0.25) is 0 Å². The van der Waals surface area contributed by atoms with Crippen molar-refractivity contribution in [2.75, 3.05) is 0 Å². The van der Waals surface area contributed by atoms with E-state index in [2.05, 4.69) is 16.0 Å². The quantitative estimate of drug-likeness (QED) is 0.742. The summed E-state index contributed by atoms with van der Waals surface area (Å²) in [7, 11) is 0. The maximum Gasteiger partial charge on any atom is 0.198 e. The summed E-state index contributed by atoms with van der Waals surface area (Å²) in [4.78, 5) is 7.38. The zero-order valence-corrected chi connectivity index (χ0v) is 9.20. The van der Waals surface area contributed by atoms with E-state index in [0.29, 0.717) is 6.04 Å². The van der Waals surface area contributed by atoms with Crippen molar-refractivity contribution in [3.63, 3.8) is 0 Å². The minimum absolute atomic E-state index is 0.213. The van der Waals surface area contributed by atoms with Gasteiger partial charge in [0.15, 0.2) is 5.88 Å². The standard InChI is InChI=1S/C13H14N2O/c1-8-2-5-12-10(6-8)11(13(16)15-12)7-14-9-3-4-9/h2,5-7,9,15-16H,3-4H2,1H3. The van der Waals surface area contributed by atoms with Crippen molar-refractivity contribution < 1.29 is 5.11 Å². The summed E-state index contributed by atoms with van der Waals surface area (Å²) < 4.78 is 0. The minimum Gasteiger partial charge on any atom is -0.494 e. The molecule has 3 heteroatoms. The van der Waals surface area contributed by atoms with Gasteiger partial charge >= 0.3 is 0 Å². The number of hydrogen-bond donors (Lipinski definition) is 2. The van der Waals surface area contributed by atoms with Crippen molar-refractivity contribution in [2.45, 2.75) is 25.8 Å². The first-order valence-corrected chi connectivity index (χ1v) is 5.58. The predicted octanol–water partition coefficient (Wildman–Crippen LogP) is 2.76. The normalized spacial score (nSPS) is 16.3. The van der Waals surface area contributed by atoms with Gasteiger partial charge in [0.05, 0.1) is 11.6 Å². The lowest BCUT2D eigenvalue weighted by Gasteiger charge is -1.94. The first-order chi connectivity index (χ1) is 7.74. The van der Waals surface area contributed by atoms with E-state index in [4.69, 9.17) is 0 Å². The average Bonchev–Trinajstić information content (AvgIpc) is 3.01. The summed E-state index contributed by atoms with van der Waals surface area (Å²) in [5.41, 5.74) is 2.96. The number of benzene rings is 1. The Labute approximate surface area is 93.8 Å². The number of aryl methyl sites for hydroxylation is 1. The van der Waals surface area contributed by atoms with Gasteiger partial charge in [-0.05, 0) is 31.9 Å². The second kappa shape index (κ2) is 3.37. The first-order valence-electron chi connectivity index (χ1n) is 5.58. The van der Waals surface area contributed by atoms with E-state index in [9.17, 15) is 5.11 Å². The Bertz CT molecular complexity index is 565. The van der Waals surface area contributed by atoms with Crippen LogP contribution >= 0.6 is 0 Å². The zero-order chi connectivity index (χ0) is 11.1. The van der Waals surface area contributed by atoms with E-state index in [-0.39, 0.29) is 5.88 Å². The van der Waals surface area contributed by atoms with Crippen molar-refractivity contribution in [2.24, 2.45) is 4.99 Å². The van der Waals surface area contributed by atoms with Gasteiger partial charge in [-0.1, -0.05) is 11.6 Å². The van der Waals surface area contributed by atoms with E-state index < -0.39 is 0 Å². The third-order valence-corrected chi connectivity index (χ3v) is 2.93. The molecule has 3 nitrogen and oxygen atoms in total. The van der Waals surface area contributed by atoms with Crippen LogP contribution in [0, 0.1) is 6.92 Å². The molecule has 1 heterocycles. The Balaban J connectivity index is 2.12. The summed E-state index contributed by atoms with van der Waals surface area (Å²) >= 11 is 0. The Morgan fingerprint density at radius 3 is 3.00 bits per heavy atom.